The third kappa shape index (κ3) is 3.49. The zero-order valence-corrected chi connectivity index (χ0v) is 12.4. The molecule has 1 aliphatic rings. The monoisotopic (exact) mass is 280 g/mol. The molecule has 1 aromatic rings. The van der Waals surface area contributed by atoms with E-state index in [0.29, 0.717) is 17.4 Å². The van der Waals surface area contributed by atoms with Gasteiger partial charge in [-0.2, -0.15) is 0 Å². The Morgan fingerprint density at radius 3 is 2.95 bits per heavy atom. The van der Waals surface area contributed by atoms with Crippen LogP contribution in [0.3, 0.4) is 0 Å². The fraction of sp³-hybridized carbons (Fsp3) is 0.625. The van der Waals surface area contributed by atoms with Gasteiger partial charge >= 0.3 is 0 Å². The molecule has 2 rings (SSSR count). The third-order valence-electron chi connectivity index (χ3n) is 4.27. The molecule has 4 heteroatoms. The molecule has 20 heavy (non-hydrogen) atoms. The molecule has 0 spiro atoms. The van der Waals surface area contributed by atoms with Crippen LogP contribution in [0, 0.1) is 5.82 Å². The predicted molar refractivity (Wildman–Crippen MR) is 79.4 cm³/mol. The van der Waals surface area contributed by atoms with E-state index in [1.165, 1.54) is 25.3 Å². The van der Waals surface area contributed by atoms with Crippen LogP contribution in [0.5, 0.6) is 5.75 Å². The van der Waals surface area contributed by atoms with Crippen LogP contribution in [0.15, 0.2) is 18.2 Å². The Hall–Kier alpha value is -1.13. The van der Waals surface area contributed by atoms with Crippen LogP contribution in [0.2, 0.25) is 0 Å². The van der Waals surface area contributed by atoms with Crippen LogP contribution >= 0.6 is 0 Å². The van der Waals surface area contributed by atoms with Gasteiger partial charge in [-0.15, -0.1) is 0 Å². The minimum absolute atomic E-state index is 0.274. The van der Waals surface area contributed by atoms with Crippen LogP contribution in [-0.2, 0) is 0 Å². The van der Waals surface area contributed by atoms with E-state index < -0.39 is 0 Å². The molecule has 0 saturated carbocycles. The highest BCUT2D eigenvalue weighted by Crippen LogP contribution is 2.29. The molecule has 2 N–H and O–H groups in total. The van der Waals surface area contributed by atoms with Gasteiger partial charge in [-0.3, -0.25) is 0 Å². The lowest BCUT2D eigenvalue weighted by Crippen LogP contribution is -2.39. The van der Waals surface area contributed by atoms with Crippen LogP contribution in [0.1, 0.15) is 44.2 Å². The van der Waals surface area contributed by atoms with Crippen molar-refractivity contribution in [2.75, 3.05) is 20.2 Å². The van der Waals surface area contributed by atoms with Crippen molar-refractivity contribution in [1.82, 2.24) is 4.90 Å². The van der Waals surface area contributed by atoms with Gasteiger partial charge in [-0.05, 0) is 44.9 Å². The average Bonchev–Trinajstić information content (AvgIpc) is 2.45. The van der Waals surface area contributed by atoms with E-state index in [4.69, 9.17) is 10.5 Å². The Morgan fingerprint density at radius 1 is 1.45 bits per heavy atom. The highest BCUT2D eigenvalue weighted by Gasteiger charge is 2.21. The second kappa shape index (κ2) is 7.04. The Bertz CT molecular complexity index is 438. The van der Waals surface area contributed by atoms with Crippen molar-refractivity contribution < 1.29 is 9.13 Å². The van der Waals surface area contributed by atoms with Crippen molar-refractivity contribution in [2.45, 2.75) is 44.7 Å². The number of methoxy groups -OCH3 is 1. The second-order valence-corrected chi connectivity index (χ2v) is 5.63. The van der Waals surface area contributed by atoms with E-state index >= 15 is 0 Å². The van der Waals surface area contributed by atoms with E-state index in [1.807, 2.05) is 0 Å². The number of benzene rings is 1. The third-order valence-corrected chi connectivity index (χ3v) is 4.27. The van der Waals surface area contributed by atoms with E-state index in [9.17, 15) is 4.39 Å². The maximum Gasteiger partial charge on any atom is 0.131 e. The molecule has 0 aliphatic carbocycles. The fourth-order valence-corrected chi connectivity index (χ4v) is 2.99. The standard InChI is InChI=1S/C16H25FN2O/c1-12-6-3-4-10-19(12)11-9-14(18)16-13(17)7-5-8-15(16)20-2/h5,7-8,12,14H,3-4,6,9-11,18H2,1-2H3. The number of nitrogens with zero attached hydrogens (tertiary/aromatic N) is 1. The number of hydrogen-bond acceptors (Lipinski definition) is 3. The van der Waals surface area contributed by atoms with Crippen molar-refractivity contribution in [3.63, 3.8) is 0 Å². The first-order valence-electron chi connectivity index (χ1n) is 7.45. The van der Waals surface area contributed by atoms with Gasteiger partial charge in [-0.25, -0.2) is 4.39 Å². The van der Waals surface area contributed by atoms with Crippen molar-refractivity contribution >= 4 is 0 Å². The molecule has 0 radical (unpaired) electrons. The summed E-state index contributed by atoms with van der Waals surface area (Å²) in [5.74, 6) is 0.271. The summed E-state index contributed by atoms with van der Waals surface area (Å²) in [4.78, 5) is 2.46. The molecule has 2 unspecified atom stereocenters. The lowest BCUT2D eigenvalue weighted by molar-refractivity contribution is 0.155. The average molecular weight is 280 g/mol. The van der Waals surface area contributed by atoms with Gasteiger partial charge < -0.3 is 15.4 Å². The van der Waals surface area contributed by atoms with E-state index in [0.717, 1.165) is 19.5 Å². The zero-order chi connectivity index (χ0) is 14.5. The van der Waals surface area contributed by atoms with E-state index in [1.54, 1.807) is 19.2 Å². The summed E-state index contributed by atoms with van der Waals surface area (Å²) >= 11 is 0. The Morgan fingerprint density at radius 2 is 2.25 bits per heavy atom. The lowest BCUT2D eigenvalue weighted by Gasteiger charge is -2.34. The number of nitrogens with two attached hydrogens (primary N) is 1. The SMILES string of the molecule is COc1cccc(F)c1C(N)CCN1CCCCC1C. The van der Waals surface area contributed by atoms with Crippen LogP contribution in [0.4, 0.5) is 4.39 Å². The molecule has 1 aliphatic heterocycles. The van der Waals surface area contributed by atoms with Crippen LogP contribution < -0.4 is 10.5 Å². The van der Waals surface area contributed by atoms with Crippen LogP contribution in [0.25, 0.3) is 0 Å². The number of piperidine rings is 1. The molecule has 0 bridgehead atoms. The fourth-order valence-electron chi connectivity index (χ4n) is 2.99. The van der Waals surface area contributed by atoms with Crippen molar-refractivity contribution in [2.24, 2.45) is 5.73 Å². The normalized spacial score (nSPS) is 21.7. The summed E-state index contributed by atoms with van der Waals surface area (Å²) in [5.41, 5.74) is 6.69. The molecule has 0 aromatic heterocycles. The predicted octanol–water partition coefficient (Wildman–Crippen LogP) is 3.10. The molecule has 3 nitrogen and oxygen atoms in total. The summed E-state index contributed by atoms with van der Waals surface area (Å²) in [6.45, 7) is 4.30. The van der Waals surface area contributed by atoms with E-state index in [2.05, 4.69) is 11.8 Å². The smallest absolute Gasteiger partial charge is 0.131 e. The molecule has 1 fully saturated rings. The highest BCUT2D eigenvalue weighted by atomic mass is 19.1. The largest absolute Gasteiger partial charge is 0.496 e. The number of rotatable bonds is 5. The summed E-state index contributed by atoms with van der Waals surface area (Å²) < 4.78 is 19.2. The zero-order valence-electron chi connectivity index (χ0n) is 12.4. The quantitative estimate of drug-likeness (QED) is 0.900. The topological polar surface area (TPSA) is 38.5 Å². The molecule has 2 atom stereocenters. The first-order valence-corrected chi connectivity index (χ1v) is 7.45. The molecule has 112 valence electrons. The van der Waals surface area contributed by atoms with Gasteiger partial charge in [0.15, 0.2) is 0 Å². The van der Waals surface area contributed by atoms with Gasteiger partial charge in [0.05, 0.1) is 7.11 Å². The summed E-state index contributed by atoms with van der Waals surface area (Å²) in [6.07, 6.45) is 4.56. The van der Waals surface area contributed by atoms with Gasteiger partial charge in [0.1, 0.15) is 11.6 Å². The lowest BCUT2D eigenvalue weighted by atomic mass is 10.00. The molecule has 1 aromatic carbocycles. The van der Waals surface area contributed by atoms with Crippen molar-refractivity contribution in [3.05, 3.63) is 29.6 Å². The van der Waals surface area contributed by atoms with Gasteiger partial charge in [0.2, 0.25) is 0 Å². The van der Waals surface area contributed by atoms with Crippen molar-refractivity contribution in [3.8, 4) is 5.75 Å². The summed E-state index contributed by atoms with van der Waals surface area (Å²) in [7, 11) is 1.55. The number of hydrogen-bond donors (Lipinski definition) is 1. The maximum atomic E-state index is 14.0. The molecule has 0 amide bonds. The molecular formula is C16H25FN2O. The highest BCUT2D eigenvalue weighted by molar-refractivity contribution is 5.37. The minimum Gasteiger partial charge on any atom is -0.496 e. The summed E-state index contributed by atoms with van der Waals surface area (Å²) in [6, 6.07) is 5.15. The molecule has 1 saturated heterocycles. The van der Waals surface area contributed by atoms with Gasteiger partial charge in [0, 0.05) is 24.2 Å². The Kier molecular flexibility index (Phi) is 5.38. The molecular weight excluding hydrogens is 255 g/mol. The summed E-state index contributed by atoms with van der Waals surface area (Å²) in [5, 5.41) is 0. The Labute approximate surface area is 120 Å². The number of halogens is 1. The number of likely N-dealkylation sites (tertiary alicyclic amines) is 1. The Balaban J connectivity index is 1.99. The van der Waals surface area contributed by atoms with Gasteiger partial charge in [-0.1, -0.05) is 12.5 Å². The molecule has 1 heterocycles. The van der Waals surface area contributed by atoms with Gasteiger partial charge in [0.25, 0.3) is 0 Å². The number of ether oxygens (including phenoxy) is 1. The first kappa shape index (κ1) is 15.3. The van der Waals surface area contributed by atoms with Crippen LogP contribution in [-0.4, -0.2) is 31.1 Å². The minimum atomic E-state index is -0.319. The second-order valence-electron chi connectivity index (χ2n) is 5.63. The van der Waals surface area contributed by atoms with E-state index in [-0.39, 0.29) is 11.9 Å². The first-order chi connectivity index (χ1) is 9.63. The maximum absolute atomic E-state index is 14.0. The van der Waals surface area contributed by atoms with Crippen molar-refractivity contribution in [1.29, 1.82) is 0 Å².